The first kappa shape index (κ1) is 17.9. The van der Waals surface area contributed by atoms with E-state index in [9.17, 15) is 4.39 Å². The summed E-state index contributed by atoms with van der Waals surface area (Å²) in [7, 11) is 0. The number of benzene rings is 2. The summed E-state index contributed by atoms with van der Waals surface area (Å²) in [6.45, 7) is 2.09. The van der Waals surface area contributed by atoms with E-state index in [0.29, 0.717) is 5.92 Å². The molecule has 0 aromatic heterocycles. The molecule has 0 unspecified atom stereocenters. The predicted octanol–water partition coefficient (Wildman–Crippen LogP) is 7.09. The number of thioether (sulfide) groups is 1. The summed E-state index contributed by atoms with van der Waals surface area (Å²) in [6, 6.07) is 15.0. The topological polar surface area (TPSA) is 12.4 Å². The van der Waals surface area contributed by atoms with Gasteiger partial charge in [-0.05, 0) is 67.6 Å². The number of hydrogen-bond acceptors (Lipinski definition) is 2. The highest BCUT2D eigenvalue weighted by Crippen LogP contribution is 2.28. The lowest BCUT2D eigenvalue weighted by molar-refractivity contribution is 0.440. The summed E-state index contributed by atoms with van der Waals surface area (Å²) in [5.74, 6) is 0.345. The summed E-state index contributed by atoms with van der Waals surface area (Å²) in [5.41, 5.74) is 3.43. The minimum Gasteiger partial charge on any atom is -0.253 e. The third kappa shape index (κ3) is 5.57. The number of allylic oxidation sites excluding steroid dienone is 1. The fourth-order valence-electron chi connectivity index (χ4n) is 3.13. The second-order valence-electron chi connectivity index (χ2n) is 6.58. The lowest BCUT2D eigenvalue weighted by Gasteiger charge is -2.21. The monoisotopic (exact) mass is 353 g/mol. The fraction of sp³-hybridized carbons (Fsp3) is 0.318. The van der Waals surface area contributed by atoms with Gasteiger partial charge in [0, 0.05) is 16.5 Å². The Morgan fingerprint density at radius 1 is 1.00 bits per heavy atom. The van der Waals surface area contributed by atoms with E-state index in [2.05, 4.69) is 42.7 Å². The van der Waals surface area contributed by atoms with Gasteiger partial charge in [0.1, 0.15) is 5.82 Å². The van der Waals surface area contributed by atoms with E-state index in [-0.39, 0.29) is 5.82 Å². The summed E-state index contributed by atoms with van der Waals surface area (Å²) >= 11 is 1.61. The molecule has 1 aliphatic carbocycles. The van der Waals surface area contributed by atoms with Crippen LogP contribution in [0.15, 0.2) is 69.9 Å². The average Bonchev–Trinajstić information content (AvgIpc) is 2.65. The molecule has 0 N–H and O–H groups in total. The van der Waals surface area contributed by atoms with Gasteiger partial charge in [-0.2, -0.15) is 0 Å². The molecule has 3 heteroatoms. The number of aryl methyl sites for hydroxylation is 1. The molecule has 0 amide bonds. The molecule has 2 aromatic rings. The average molecular weight is 354 g/mol. The minimum atomic E-state index is -0.197. The molecular formula is C22H24FNS. The van der Waals surface area contributed by atoms with Crippen LogP contribution in [0.1, 0.15) is 37.7 Å². The Balaban J connectivity index is 1.76. The maximum Gasteiger partial charge on any atom is 0.123 e. The van der Waals surface area contributed by atoms with Crippen LogP contribution < -0.4 is 0 Å². The van der Waals surface area contributed by atoms with Crippen molar-refractivity contribution in [1.82, 2.24) is 0 Å². The molecule has 130 valence electrons. The molecule has 0 heterocycles. The maximum atomic E-state index is 13.0. The lowest BCUT2D eigenvalue weighted by atomic mass is 9.85. The van der Waals surface area contributed by atoms with Crippen molar-refractivity contribution in [3.63, 3.8) is 0 Å². The zero-order valence-electron chi connectivity index (χ0n) is 14.6. The van der Waals surface area contributed by atoms with Crippen LogP contribution in [0.5, 0.6) is 0 Å². The number of rotatable bonds is 5. The van der Waals surface area contributed by atoms with Crippen LogP contribution in [-0.2, 0) is 0 Å². The molecule has 1 aliphatic rings. The first-order valence-corrected chi connectivity index (χ1v) is 9.83. The van der Waals surface area contributed by atoms with Gasteiger partial charge in [0.15, 0.2) is 0 Å². The van der Waals surface area contributed by atoms with Gasteiger partial charge in [-0.1, -0.05) is 48.7 Å². The van der Waals surface area contributed by atoms with E-state index in [1.807, 2.05) is 12.1 Å². The molecule has 1 saturated carbocycles. The maximum absolute atomic E-state index is 13.0. The Kier molecular flexibility index (Phi) is 6.46. The zero-order chi connectivity index (χ0) is 17.5. The van der Waals surface area contributed by atoms with Gasteiger partial charge in [-0.3, -0.25) is 4.99 Å². The molecule has 1 nitrogen and oxygen atoms in total. The van der Waals surface area contributed by atoms with E-state index in [1.54, 1.807) is 11.8 Å². The van der Waals surface area contributed by atoms with Crippen LogP contribution in [0.25, 0.3) is 0 Å². The Bertz CT molecular complexity index is 726. The van der Waals surface area contributed by atoms with Gasteiger partial charge < -0.3 is 0 Å². The van der Waals surface area contributed by atoms with Crippen LogP contribution in [0, 0.1) is 18.7 Å². The zero-order valence-corrected chi connectivity index (χ0v) is 15.4. The van der Waals surface area contributed by atoms with Crippen molar-refractivity contribution in [2.75, 3.05) is 0 Å². The van der Waals surface area contributed by atoms with E-state index in [0.717, 1.165) is 16.3 Å². The van der Waals surface area contributed by atoms with Crippen molar-refractivity contribution >= 4 is 23.2 Å². The summed E-state index contributed by atoms with van der Waals surface area (Å²) in [4.78, 5) is 5.96. The largest absolute Gasteiger partial charge is 0.253 e. The molecule has 1 fully saturated rings. The number of aliphatic imine (C=N–C) groups is 1. The van der Waals surface area contributed by atoms with E-state index < -0.39 is 0 Å². The van der Waals surface area contributed by atoms with E-state index >= 15 is 0 Å². The normalized spacial score (nSPS) is 16.5. The quantitative estimate of drug-likeness (QED) is 0.413. The highest BCUT2D eigenvalue weighted by Gasteiger charge is 2.17. The van der Waals surface area contributed by atoms with Gasteiger partial charge >= 0.3 is 0 Å². The molecule has 0 saturated heterocycles. The Morgan fingerprint density at radius 2 is 1.68 bits per heavy atom. The first-order valence-electron chi connectivity index (χ1n) is 8.95. The fourth-order valence-corrected chi connectivity index (χ4v) is 3.78. The van der Waals surface area contributed by atoms with Gasteiger partial charge in [0.25, 0.3) is 0 Å². The van der Waals surface area contributed by atoms with Crippen LogP contribution in [0.2, 0.25) is 0 Å². The van der Waals surface area contributed by atoms with Crippen molar-refractivity contribution < 1.29 is 4.39 Å². The SMILES string of the molecule is Cc1ccc(N=C(C=CSc2ccc(F)cc2)C2CCCCC2)cc1. The second-order valence-corrected chi connectivity index (χ2v) is 7.56. The lowest BCUT2D eigenvalue weighted by Crippen LogP contribution is -2.15. The second kappa shape index (κ2) is 9.00. The highest BCUT2D eigenvalue weighted by atomic mass is 32.2. The van der Waals surface area contributed by atoms with E-state index in [4.69, 9.17) is 4.99 Å². The Morgan fingerprint density at radius 3 is 2.36 bits per heavy atom. The van der Waals surface area contributed by atoms with Crippen molar-refractivity contribution in [3.05, 3.63) is 71.4 Å². The molecule has 2 aromatic carbocycles. The molecule has 3 rings (SSSR count). The number of halogens is 1. The summed E-state index contributed by atoms with van der Waals surface area (Å²) in [6.07, 6.45) is 8.49. The first-order chi connectivity index (χ1) is 12.2. The minimum absolute atomic E-state index is 0.197. The van der Waals surface area contributed by atoms with Crippen LogP contribution in [0.3, 0.4) is 0 Å². The molecule has 25 heavy (non-hydrogen) atoms. The molecule has 0 aliphatic heterocycles. The Labute approximate surface area is 154 Å². The molecule has 0 bridgehead atoms. The number of hydrogen-bond donors (Lipinski definition) is 0. The van der Waals surface area contributed by atoms with Crippen molar-refractivity contribution in [2.45, 2.75) is 43.9 Å². The molecule has 0 spiro atoms. The number of nitrogens with zero attached hydrogens (tertiary/aromatic N) is 1. The van der Waals surface area contributed by atoms with Crippen molar-refractivity contribution in [3.8, 4) is 0 Å². The molecule has 0 atom stereocenters. The van der Waals surface area contributed by atoms with Crippen molar-refractivity contribution in [2.24, 2.45) is 10.9 Å². The van der Waals surface area contributed by atoms with Gasteiger partial charge in [0.2, 0.25) is 0 Å². The van der Waals surface area contributed by atoms with Crippen molar-refractivity contribution in [1.29, 1.82) is 0 Å². The third-order valence-electron chi connectivity index (χ3n) is 4.57. The third-order valence-corrected chi connectivity index (χ3v) is 5.39. The van der Waals surface area contributed by atoms with Crippen LogP contribution in [0.4, 0.5) is 10.1 Å². The van der Waals surface area contributed by atoms with E-state index in [1.165, 1.54) is 49.8 Å². The van der Waals surface area contributed by atoms with Gasteiger partial charge in [0.05, 0.1) is 5.69 Å². The summed E-state index contributed by atoms with van der Waals surface area (Å²) < 4.78 is 13.0. The Hall–Kier alpha value is -1.87. The van der Waals surface area contributed by atoms with Gasteiger partial charge in [-0.25, -0.2) is 4.39 Å². The smallest absolute Gasteiger partial charge is 0.123 e. The molecule has 0 radical (unpaired) electrons. The predicted molar refractivity (Wildman–Crippen MR) is 106 cm³/mol. The van der Waals surface area contributed by atoms with Crippen LogP contribution in [-0.4, -0.2) is 5.71 Å². The molecular weight excluding hydrogens is 329 g/mol. The highest BCUT2D eigenvalue weighted by molar-refractivity contribution is 8.02. The summed E-state index contributed by atoms with van der Waals surface area (Å²) in [5, 5.41) is 2.08. The van der Waals surface area contributed by atoms with Crippen LogP contribution >= 0.6 is 11.8 Å². The van der Waals surface area contributed by atoms with Gasteiger partial charge in [-0.15, -0.1) is 0 Å². The standard InChI is InChI=1S/C22H24FNS/c1-17-7-11-20(12-8-17)24-22(18-5-3-2-4-6-18)15-16-25-21-13-9-19(23)10-14-21/h7-16,18H,2-6H2,1H3.